The van der Waals surface area contributed by atoms with Crippen LogP contribution in [-0.4, -0.2) is 51.5 Å². The van der Waals surface area contributed by atoms with Crippen molar-refractivity contribution >= 4 is 23.6 Å². The molecule has 1 fully saturated rings. The normalized spacial score (nSPS) is 14.4. The van der Waals surface area contributed by atoms with Gasteiger partial charge >= 0.3 is 0 Å². The Balaban J connectivity index is 1.33. The number of likely N-dealkylation sites (tertiary alicyclic amines) is 1. The van der Waals surface area contributed by atoms with Crippen LogP contribution in [0, 0.1) is 17.8 Å². The van der Waals surface area contributed by atoms with Gasteiger partial charge in [-0.25, -0.2) is 8.78 Å². The molecule has 0 radical (unpaired) electrons. The number of anilines is 3. The van der Waals surface area contributed by atoms with E-state index in [1.165, 1.54) is 4.90 Å². The zero-order chi connectivity index (χ0) is 26.3. The molecule has 1 aromatic heterocycles. The molecule has 2 heterocycles. The molecule has 1 aliphatic heterocycles. The van der Waals surface area contributed by atoms with Crippen molar-refractivity contribution < 1.29 is 23.0 Å². The average molecular weight is 510 g/mol. The van der Waals surface area contributed by atoms with E-state index in [2.05, 4.69) is 26.2 Å². The minimum absolute atomic E-state index is 0.0351. The Kier molecular flexibility index (Phi) is 7.83. The van der Waals surface area contributed by atoms with Gasteiger partial charge < -0.3 is 30.2 Å². The molecule has 12 heteroatoms. The Labute approximate surface area is 212 Å². The highest BCUT2D eigenvalue weighted by molar-refractivity contribution is 5.70. The highest BCUT2D eigenvalue weighted by Crippen LogP contribution is 2.28. The maximum Gasteiger partial charge on any atom is 0.284 e. The van der Waals surface area contributed by atoms with Gasteiger partial charge in [-0.3, -0.25) is 5.41 Å². The van der Waals surface area contributed by atoms with Crippen molar-refractivity contribution in [1.29, 1.82) is 5.41 Å². The maximum absolute atomic E-state index is 13.3. The molecule has 0 saturated carbocycles. The summed E-state index contributed by atoms with van der Waals surface area (Å²) in [7, 11) is 0. The molecule has 2 aromatic carbocycles. The van der Waals surface area contributed by atoms with E-state index >= 15 is 0 Å². The molecule has 1 aliphatic rings. The largest absolute Gasteiger partial charge is 0.481 e. The predicted octanol–water partition coefficient (Wildman–Crippen LogP) is 4.18. The van der Waals surface area contributed by atoms with Gasteiger partial charge in [-0.05, 0) is 36.4 Å². The molecule has 0 unspecified atom stereocenters. The number of ether oxygens (including phenoxy) is 3. The zero-order valence-corrected chi connectivity index (χ0v) is 19.8. The van der Waals surface area contributed by atoms with E-state index in [0.717, 1.165) is 0 Å². The number of benzene rings is 2. The van der Waals surface area contributed by atoms with Gasteiger partial charge in [0.05, 0.1) is 0 Å². The second-order valence-corrected chi connectivity index (χ2v) is 8.09. The molecule has 0 bridgehead atoms. The van der Waals surface area contributed by atoms with E-state index in [4.69, 9.17) is 31.8 Å². The standard InChI is InChI=1S/C25H25F2N7O3/c1-2-14-35-19-4-3-5-20(15-19)37-18-8-6-17(7-9-18)30-24-32-21(31-22(28)33-24)16-36-23(29)34-12-10-25(26,27)11-13-34/h1,3-9,15,29H,10-14,16H2,(H3,28,30,31,32,33). The van der Waals surface area contributed by atoms with Crippen LogP contribution in [0.4, 0.5) is 26.4 Å². The van der Waals surface area contributed by atoms with Gasteiger partial charge in [0.1, 0.15) is 23.9 Å². The number of amidine groups is 1. The summed E-state index contributed by atoms with van der Waals surface area (Å²) in [5, 5.41) is 11.0. The first-order valence-corrected chi connectivity index (χ1v) is 11.4. The fraction of sp³-hybridized carbons (Fsp3) is 0.280. The molecular weight excluding hydrogens is 484 g/mol. The molecule has 192 valence electrons. The number of halogens is 2. The fourth-order valence-electron chi connectivity index (χ4n) is 3.44. The quantitative estimate of drug-likeness (QED) is 0.232. The smallest absolute Gasteiger partial charge is 0.284 e. The molecule has 4 N–H and O–H groups in total. The number of hydrogen-bond donors (Lipinski definition) is 3. The molecule has 0 amide bonds. The molecule has 10 nitrogen and oxygen atoms in total. The highest BCUT2D eigenvalue weighted by atomic mass is 19.3. The number of hydrogen-bond acceptors (Lipinski definition) is 9. The second-order valence-electron chi connectivity index (χ2n) is 8.09. The van der Waals surface area contributed by atoms with Crippen LogP contribution in [0.3, 0.4) is 0 Å². The number of nitrogen functional groups attached to an aromatic ring is 1. The van der Waals surface area contributed by atoms with Gasteiger partial charge in [-0.2, -0.15) is 15.0 Å². The number of nitrogens with zero attached hydrogens (tertiary/aromatic N) is 4. The zero-order valence-electron chi connectivity index (χ0n) is 19.8. The van der Waals surface area contributed by atoms with E-state index in [-0.39, 0.29) is 62.9 Å². The van der Waals surface area contributed by atoms with Crippen LogP contribution in [0.1, 0.15) is 18.7 Å². The van der Waals surface area contributed by atoms with Crippen LogP contribution >= 0.6 is 0 Å². The van der Waals surface area contributed by atoms with Crippen LogP contribution in [0.15, 0.2) is 48.5 Å². The van der Waals surface area contributed by atoms with E-state index in [1.54, 1.807) is 48.5 Å². The first kappa shape index (κ1) is 25.4. The summed E-state index contributed by atoms with van der Waals surface area (Å²) < 4.78 is 43.3. The van der Waals surface area contributed by atoms with Crippen LogP contribution in [0.25, 0.3) is 0 Å². The lowest BCUT2D eigenvalue weighted by Gasteiger charge is -2.32. The van der Waals surface area contributed by atoms with Crippen molar-refractivity contribution in [3.63, 3.8) is 0 Å². The third kappa shape index (κ3) is 7.41. The Morgan fingerprint density at radius 1 is 1.08 bits per heavy atom. The number of rotatable bonds is 8. The maximum atomic E-state index is 13.3. The first-order chi connectivity index (χ1) is 17.8. The Bertz CT molecular complexity index is 1270. The molecule has 4 rings (SSSR count). The Morgan fingerprint density at radius 2 is 1.81 bits per heavy atom. The van der Waals surface area contributed by atoms with Gasteiger partial charge in [0.15, 0.2) is 12.4 Å². The second kappa shape index (κ2) is 11.4. The number of aromatic nitrogens is 3. The SMILES string of the molecule is C#CCOc1cccc(Oc2ccc(Nc3nc(N)nc(COC(=N)N4CCC(F)(F)CC4)n3)cc2)c1. The predicted molar refractivity (Wildman–Crippen MR) is 133 cm³/mol. The fourth-order valence-corrected chi connectivity index (χ4v) is 3.44. The summed E-state index contributed by atoms with van der Waals surface area (Å²) in [5.74, 6) is 1.84. The number of piperidine rings is 1. The number of terminal acetylenes is 1. The van der Waals surface area contributed by atoms with E-state index in [1.807, 2.05) is 0 Å². The molecular formula is C25H25F2N7O3. The van der Waals surface area contributed by atoms with Gasteiger partial charge in [0, 0.05) is 37.7 Å². The lowest BCUT2D eigenvalue weighted by Crippen LogP contribution is -2.43. The van der Waals surface area contributed by atoms with Gasteiger partial charge in [-0.15, -0.1) is 6.42 Å². The van der Waals surface area contributed by atoms with E-state index < -0.39 is 5.92 Å². The Hall–Kier alpha value is -4.66. The lowest BCUT2D eigenvalue weighted by atomic mass is 10.1. The molecule has 0 spiro atoms. The molecule has 0 aliphatic carbocycles. The summed E-state index contributed by atoms with van der Waals surface area (Å²) in [6.07, 6.45) is 4.58. The summed E-state index contributed by atoms with van der Waals surface area (Å²) >= 11 is 0. The molecule has 3 aromatic rings. The summed E-state index contributed by atoms with van der Waals surface area (Å²) in [6, 6.07) is 14.0. The monoisotopic (exact) mass is 509 g/mol. The Morgan fingerprint density at radius 3 is 2.54 bits per heavy atom. The minimum Gasteiger partial charge on any atom is -0.481 e. The lowest BCUT2D eigenvalue weighted by molar-refractivity contribution is -0.0472. The van der Waals surface area contributed by atoms with Gasteiger partial charge in [0.25, 0.3) is 11.9 Å². The van der Waals surface area contributed by atoms with Gasteiger partial charge in [-0.1, -0.05) is 12.0 Å². The van der Waals surface area contributed by atoms with Crippen molar-refractivity contribution in [3.05, 3.63) is 54.4 Å². The summed E-state index contributed by atoms with van der Waals surface area (Å²) in [5.41, 5.74) is 6.46. The summed E-state index contributed by atoms with van der Waals surface area (Å²) in [4.78, 5) is 13.8. The minimum atomic E-state index is -2.70. The van der Waals surface area contributed by atoms with Crippen molar-refractivity contribution in [2.75, 3.05) is 30.7 Å². The third-order valence-corrected chi connectivity index (χ3v) is 5.29. The van der Waals surface area contributed by atoms with Crippen LogP contribution in [-0.2, 0) is 11.3 Å². The van der Waals surface area contributed by atoms with Crippen LogP contribution in [0.2, 0.25) is 0 Å². The van der Waals surface area contributed by atoms with Gasteiger partial charge in [0.2, 0.25) is 11.9 Å². The average Bonchev–Trinajstić information content (AvgIpc) is 2.87. The number of alkyl halides is 2. The highest BCUT2D eigenvalue weighted by Gasteiger charge is 2.35. The van der Waals surface area contributed by atoms with E-state index in [9.17, 15) is 8.78 Å². The molecule has 1 saturated heterocycles. The van der Waals surface area contributed by atoms with Crippen molar-refractivity contribution in [2.24, 2.45) is 0 Å². The van der Waals surface area contributed by atoms with Crippen molar-refractivity contribution in [1.82, 2.24) is 19.9 Å². The van der Waals surface area contributed by atoms with Crippen LogP contribution < -0.4 is 20.5 Å². The summed E-state index contributed by atoms with van der Waals surface area (Å²) in [6.45, 7) is 0.0943. The molecule has 0 atom stereocenters. The van der Waals surface area contributed by atoms with Crippen molar-refractivity contribution in [3.8, 4) is 29.6 Å². The topological polar surface area (TPSA) is 132 Å². The van der Waals surface area contributed by atoms with Crippen LogP contribution in [0.5, 0.6) is 17.2 Å². The first-order valence-electron chi connectivity index (χ1n) is 11.4. The third-order valence-electron chi connectivity index (χ3n) is 5.29. The van der Waals surface area contributed by atoms with E-state index in [0.29, 0.717) is 22.9 Å². The number of nitrogens with one attached hydrogen (secondary N) is 2. The van der Waals surface area contributed by atoms with Crippen molar-refractivity contribution in [2.45, 2.75) is 25.4 Å². The number of nitrogens with two attached hydrogens (primary N) is 1. The molecule has 37 heavy (non-hydrogen) atoms.